The van der Waals surface area contributed by atoms with E-state index in [1.165, 1.54) is 5.56 Å². The first kappa shape index (κ1) is 18.3. The minimum Gasteiger partial charge on any atom is -0.497 e. The van der Waals surface area contributed by atoms with Crippen molar-refractivity contribution < 1.29 is 9.53 Å². The molecule has 0 saturated heterocycles. The Bertz CT molecular complexity index is 882. The first-order chi connectivity index (χ1) is 13.7. The molecule has 1 amide bonds. The van der Waals surface area contributed by atoms with Crippen molar-refractivity contribution in [3.8, 4) is 5.75 Å². The van der Waals surface area contributed by atoms with Crippen LogP contribution in [0.1, 0.15) is 29.0 Å². The van der Waals surface area contributed by atoms with Crippen molar-refractivity contribution in [3.63, 3.8) is 0 Å². The fourth-order valence-corrected chi connectivity index (χ4v) is 3.76. The summed E-state index contributed by atoms with van der Waals surface area (Å²) in [6, 6.07) is 28.5. The SMILES string of the molecule is COc1cccc(C2CC2C(=O)N(Cc2ccccc2)Cc2ccccc2)c1. The number of carbonyl (C=O) groups is 1. The summed E-state index contributed by atoms with van der Waals surface area (Å²) in [5.74, 6) is 1.43. The van der Waals surface area contributed by atoms with Crippen molar-refractivity contribution in [2.24, 2.45) is 5.92 Å². The van der Waals surface area contributed by atoms with E-state index in [0.29, 0.717) is 13.1 Å². The minimum atomic E-state index is 0.0551. The van der Waals surface area contributed by atoms with Gasteiger partial charge in [0.25, 0.3) is 0 Å². The summed E-state index contributed by atoms with van der Waals surface area (Å²) in [7, 11) is 1.68. The molecule has 142 valence electrons. The van der Waals surface area contributed by atoms with Crippen LogP contribution in [0.15, 0.2) is 84.9 Å². The van der Waals surface area contributed by atoms with E-state index in [2.05, 4.69) is 36.4 Å². The highest BCUT2D eigenvalue weighted by molar-refractivity contribution is 5.83. The van der Waals surface area contributed by atoms with Gasteiger partial charge in [-0.05, 0) is 41.2 Å². The molecule has 2 atom stereocenters. The second-order valence-electron chi connectivity index (χ2n) is 7.39. The van der Waals surface area contributed by atoms with Gasteiger partial charge in [0, 0.05) is 19.0 Å². The molecule has 3 heteroatoms. The van der Waals surface area contributed by atoms with Gasteiger partial charge in [-0.15, -0.1) is 0 Å². The fraction of sp³-hybridized carbons (Fsp3) is 0.240. The number of rotatable bonds is 7. The third-order valence-corrected chi connectivity index (χ3v) is 5.37. The van der Waals surface area contributed by atoms with Crippen molar-refractivity contribution in [3.05, 3.63) is 102 Å². The summed E-state index contributed by atoms with van der Waals surface area (Å²) in [6.45, 7) is 1.27. The van der Waals surface area contributed by atoms with Crippen LogP contribution < -0.4 is 4.74 Å². The zero-order valence-electron chi connectivity index (χ0n) is 16.1. The van der Waals surface area contributed by atoms with Gasteiger partial charge >= 0.3 is 0 Å². The van der Waals surface area contributed by atoms with Crippen LogP contribution in [0.25, 0.3) is 0 Å². The van der Waals surface area contributed by atoms with Gasteiger partial charge in [-0.25, -0.2) is 0 Å². The van der Waals surface area contributed by atoms with Crippen molar-refractivity contribution >= 4 is 5.91 Å². The molecular formula is C25H25NO2. The van der Waals surface area contributed by atoms with Crippen LogP contribution in [-0.2, 0) is 17.9 Å². The molecule has 1 aliphatic rings. The molecule has 1 aliphatic carbocycles. The summed E-state index contributed by atoms with van der Waals surface area (Å²) in [4.78, 5) is 15.3. The van der Waals surface area contributed by atoms with Gasteiger partial charge in [0.2, 0.25) is 5.91 Å². The predicted molar refractivity (Wildman–Crippen MR) is 111 cm³/mol. The van der Waals surface area contributed by atoms with Crippen LogP contribution in [0.2, 0.25) is 0 Å². The first-order valence-electron chi connectivity index (χ1n) is 9.75. The second kappa shape index (κ2) is 8.30. The standard InChI is InChI=1S/C25H25NO2/c1-28-22-14-8-13-21(15-22)23-16-24(23)25(27)26(17-19-9-4-2-5-10-19)18-20-11-6-3-7-12-20/h2-15,23-24H,16-18H2,1H3. The lowest BCUT2D eigenvalue weighted by Crippen LogP contribution is -2.31. The number of nitrogens with zero attached hydrogens (tertiary/aromatic N) is 1. The van der Waals surface area contributed by atoms with E-state index >= 15 is 0 Å². The number of carbonyl (C=O) groups excluding carboxylic acids is 1. The molecule has 0 aliphatic heterocycles. The fourth-order valence-electron chi connectivity index (χ4n) is 3.76. The van der Waals surface area contributed by atoms with Crippen molar-refractivity contribution in [1.82, 2.24) is 4.90 Å². The molecule has 1 saturated carbocycles. The predicted octanol–water partition coefficient (Wildman–Crippen LogP) is 5.03. The third-order valence-electron chi connectivity index (χ3n) is 5.37. The molecule has 1 fully saturated rings. The van der Waals surface area contributed by atoms with E-state index in [4.69, 9.17) is 4.74 Å². The number of methoxy groups -OCH3 is 1. The molecule has 3 aromatic rings. The van der Waals surface area contributed by atoms with Crippen LogP contribution >= 0.6 is 0 Å². The van der Waals surface area contributed by atoms with E-state index < -0.39 is 0 Å². The molecule has 0 spiro atoms. The molecule has 2 unspecified atom stereocenters. The van der Waals surface area contributed by atoms with E-state index in [-0.39, 0.29) is 17.7 Å². The highest BCUT2D eigenvalue weighted by atomic mass is 16.5. The van der Waals surface area contributed by atoms with Gasteiger partial charge in [0.1, 0.15) is 5.75 Å². The van der Waals surface area contributed by atoms with Crippen LogP contribution in [0.3, 0.4) is 0 Å². The zero-order valence-corrected chi connectivity index (χ0v) is 16.1. The molecule has 0 N–H and O–H groups in total. The summed E-state index contributed by atoms with van der Waals surface area (Å²) in [5, 5.41) is 0. The zero-order chi connectivity index (χ0) is 19.3. The van der Waals surface area contributed by atoms with Gasteiger partial charge in [0.15, 0.2) is 0 Å². The Morgan fingerprint density at radius 2 is 1.50 bits per heavy atom. The van der Waals surface area contributed by atoms with E-state index in [1.54, 1.807) is 7.11 Å². The van der Waals surface area contributed by atoms with Gasteiger partial charge in [-0.1, -0.05) is 72.8 Å². The maximum atomic E-state index is 13.3. The number of hydrogen-bond donors (Lipinski definition) is 0. The number of hydrogen-bond acceptors (Lipinski definition) is 2. The quantitative estimate of drug-likeness (QED) is 0.583. The van der Waals surface area contributed by atoms with E-state index in [0.717, 1.165) is 23.3 Å². The largest absolute Gasteiger partial charge is 0.497 e. The Kier molecular flexibility index (Phi) is 5.43. The van der Waals surface area contributed by atoms with E-state index in [9.17, 15) is 4.79 Å². The molecule has 0 aromatic heterocycles. The number of benzene rings is 3. The average Bonchev–Trinajstić information content (AvgIpc) is 3.55. The molecule has 4 rings (SSSR count). The molecule has 3 nitrogen and oxygen atoms in total. The van der Waals surface area contributed by atoms with Crippen LogP contribution in [-0.4, -0.2) is 17.9 Å². The highest BCUT2D eigenvalue weighted by Gasteiger charge is 2.45. The second-order valence-corrected chi connectivity index (χ2v) is 7.39. The van der Waals surface area contributed by atoms with Gasteiger partial charge in [-0.3, -0.25) is 4.79 Å². The third kappa shape index (κ3) is 4.25. The Morgan fingerprint density at radius 1 is 0.893 bits per heavy atom. The number of amides is 1. The monoisotopic (exact) mass is 371 g/mol. The van der Waals surface area contributed by atoms with Crippen LogP contribution in [0.5, 0.6) is 5.75 Å². The molecule has 3 aromatic carbocycles. The molecule has 0 heterocycles. The summed E-state index contributed by atoms with van der Waals surface area (Å²) in [5.41, 5.74) is 3.51. The molecular weight excluding hydrogens is 346 g/mol. The lowest BCUT2D eigenvalue weighted by atomic mass is 10.1. The summed E-state index contributed by atoms with van der Waals surface area (Å²) < 4.78 is 5.34. The molecule has 0 bridgehead atoms. The van der Waals surface area contributed by atoms with Gasteiger partial charge in [0.05, 0.1) is 7.11 Å². The average molecular weight is 371 g/mol. The van der Waals surface area contributed by atoms with E-state index in [1.807, 2.05) is 53.4 Å². The van der Waals surface area contributed by atoms with Crippen molar-refractivity contribution in [1.29, 1.82) is 0 Å². The summed E-state index contributed by atoms with van der Waals surface area (Å²) >= 11 is 0. The summed E-state index contributed by atoms with van der Waals surface area (Å²) in [6.07, 6.45) is 0.909. The maximum absolute atomic E-state index is 13.3. The Hall–Kier alpha value is -3.07. The van der Waals surface area contributed by atoms with Crippen LogP contribution in [0.4, 0.5) is 0 Å². The van der Waals surface area contributed by atoms with Crippen molar-refractivity contribution in [2.45, 2.75) is 25.4 Å². The lowest BCUT2D eigenvalue weighted by Gasteiger charge is -2.23. The van der Waals surface area contributed by atoms with Crippen molar-refractivity contribution in [2.75, 3.05) is 7.11 Å². The lowest BCUT2D eigenvalue weighted by molar-refractivity contribution is -0.134. The highest BCUT2D eigenvalue weighted by Crippen LogP contribution is 2.49. The van der Waals surface area contributed by atoms with Crippen LogP contribution in [0, 0.1) is 5.92 Å². The topological polar surface area (TPSA) is 29.5 Å². The smallest absolute Gasteiger partial charge is 0.226 e. The Balaban J connectivity index is 1.51. The Morgan fingerprint density at radius 3 is 2.07 bits per heavy atom. The minimum absolute atomic E-state index is 0.0551. The van der Waals surface area contributed by atoms with Gasteiger partial charge < -0.3 is 9.64 Å². The molecule has 0 radical (unpaired) electrons. The normalized spacial score (nSPS) is 17.8. The number of ether oxygens (including phenoxy) is 1. The van der Waals surface area contributed by atoms with Gasteiger partial charge in [-0.2, -0.15) is 0 Å². The maximum Gasteiger partial charge on any atom is 0.226 e. The first-order valence-corrected chi connectivity index (χ1v) is 9.75. The molecule has 28 heavy (non-hydrogen) atoms. The Labute approximate surface area is 166 Å².